The second-order valence-electron chi connectivity index (χ2n) is 5.77. The number of aliphatic carboxylic acids is 1. The Labute approximate surface area is 109 Å². The number of carboxylic acid groups (broad SMARTS) is 1. The van der Waals surface area contributed by atoms with Crippen molar-refractivity contribution < 1.29 is 14.6 Å². The highest BCUT2D eigenvalue weighted by atomic mass is 16.5. The van der Waals surface area contributed by atoms with Crippen LogP contribution in [0.4, 0.5) is 0 Å². The Balaban J connectivity index is 1.75. The van der Waals surface area contributed by atoms with E-state index in [0.29, 0.717) is 18.1 Å². The Morgan fingerprint density at radius 2 is 2.06 bits per heavy atom. The quantitative estimate of drug-likeness (QED) is 0.789. The van der Waals surface area contributed by atoms with Crippen molar-refractivity contribution in [2.24, 2.45) is 11.8 Å². The number of hydrogen-bond acceptors (Lipinski definition) is 3. The third-order valence-corrected chi connectivity index (χ3v) is 4.60. The molecule has 18 heavy (non-hydrogen) atoms. The van der Waals surface area contributed by atoms with Crippen LogP contribution < -0.4 is 5.32 Å². The van der Waals surface area contributed by atoms with Crippen LogP contribution >= 0.6 is 0 Å². The molecule has 4 unspecified atom stereocenters. The first-order valence-electron chi connectivity index (χ1n) is 7.19. The van der Waals surface area contributed by atoms with E-state index in [1.165, 1.54) is 12.8 Å². The highest BCUT2D eigenvalue weighted by molar-refractivity contribution is 5.70. The van der Waals surface area contributed by atoms with Gasteiger partial charge >= 0.3 is 5.97 Å². The van der Waals surface area contributed by atoms with Crippen LogP contribution in [0.2, 0.25) is 0 Å². The molecule has 2 saturated carbocycles. The minimum atomic E-state index is -0.613. The molecule has 2 fully saturated rings. The first kappa shape index (κ1) is 13.8. The first-order chi connectivity index (χ1) is 8.70. The summed E-state index contributed by atoms with van der Waals surface area (Å²) in [6.07, 6.45) is 8.01. The maximum atomic E-state index is 11.1. The summed E-state index contributed by atoms with van der Waals surface area (Å²) in [7, 11) is 1.78. The van der Waals surface area contributed by atoms with Gasteiger partial charge in [0.2, 0.25) is 0 Å². The lowest BCUT2D eigenvalue weighted by molar-refractivity contribution is -0.142. The number of carbonyl (C=O) groups is 1. The number of rotatable bonds is 5. The number of ether oxygens (including phenoxy) is 1. The Morgan fingerprint density at radius 3 is 2.78 bits per heavy atom. The molecular formula is C14H25NO3. The van der Waals surface area contributed by atoms with E-state index < -0.39 is 5.97 Å². The Bertz CT molecular complexity index is 282. The van der Waals surface area contributed by atoms with Crippen LogP contribution in [-0.2, 0) is 9.53 Å². The molecule has 0 radical (unpaired) electrons. The van der Waals surface area contributed by atoms with Crippen molar-refractivity contribution in [3.8, 4) is 0 Å². The molecule has 4 atom stereocenters. The molecule has 2 aliphatic carbocycles. The molecule has 0 saturated heterocycles. The van der Waals surface area contributed by atoms with Gasteiger partial charge in [0.25, 0.3) is 0 Å². The molecule has 4 nitrogen and oxygen atoms in total. The lowest BCUT2D eigenvalue weighted by Gasteiger charge is -2.30. The zero-order valence-corrected chi connectivity index (χ0v) is 11.2. The Kier molecular flexibility index (Phi) is 5.01. The SMILES string of the molecule is COC1CCCC(NCC2CCCC2C(=O)O)C1. The predicted molar refractivity (Wildman–Crippen MR) is 69.5 cm³/mol. The van der Waals surface area contributed by atoms with E-state index in [-0.39, 0.29) is 5.92 Å². The summed E-state index contributed by atoms with van der Waals surface area (Å²) in [4.78, 5) is 11.1. The average Bonchev–Trinajstić information content (AvgIpc) is 2.85. The Hall–Kier alpha value is -0.610. The fraction of sp³-hybridized carbons (Fsp3) is 0.929. The molecule has 0 bridgehead atoms. The molecule has 0 aromatic rings. The lowest BCUT2D eigenvalue weighted by atomic mass is 9.91. The van der Waals surface area contributed by atoms with E-state index in [1.807, 2.05) is 0 Å². The van der Waals surface area contributed by atoms with Crippen LogP contribution in [0.15, 0.2) is 0 Å². The van der Waals surface area contributed by atoms with Gasteiger partial charge in [-0.2, -0.15) is 0 Å². The highest BCUT2D eigenvalue weighted by Crippen LogP contribution is 2.32. The summed E-state index contributed by atoms with van der Waals surface area (Å²) in [5.74, 6) is -0.414. The average molecular weight is 255 g/mol. The summed E-state index contributed by atoms with van der Waals surface area (Å²) in [6.45, 7) is 0.859. The van der Waals surface area contributed by atoms with Gasteiger partial charge in [-0.3, -0.25) is 4.79 Å². The van der Waals surface area contributed by atoms with Gasteiger partial charge in [-0.15, -0.1) is 0 Å². The summed E-state index contributed by atoms with van der Waals surface area (Å²) in [5, 5.41) is 12.7. The van der Waals surface area contributed by atoms with Crippen LogP contribution in [0.3, 0.4) is 0 Å². The van der Waals surface area contributed by atoms with Crippen LogP contribution in [0, 0.1) is 11.8 Å². The zero-order valence-electron chi connectivity index (χ0n) is 11.2. The number of nitrogens with one attached hydrogen (secondary N) is 1. The molecule has 4 heteroatoms. The fourth-order valence-corrected chi connectivity index (χ4v) is 3.47. The zero-order chi connectivity index (χ0) is 13.0. The van der Waals surface area contributed by atoms with Gasteiger partial charge in [-0.1, -0.05) is 6.42 Å². The molecular weight excluding hydrogens is 230 g/mol. The summed E-state index contributed by atoms with van der Waals surface area (Å²) >= 11 is 0. The third-order valence-electron chi connectivity index (χ3n) is 4.60. The van der Waals surface area contributed by atoms with Crippen molar-refractivity contribution in [1.82, 2.24) is 5.32 Å². The van der Waals surface area contributed by atoms with E-state index in [0.717, 1.165) is 38.6 Å². The first-order valence-corrected chi connectivity index (χ1v) is 7.19. The number of carboxylic acids is 1. The van der Waals surface area contributed by atoms with E-state index in [4.69, 9.17) is 9.84 Å². The minimum Gasteiger partial charge on any atom is -0.481 e. The maximum absolute atomic E-state index is 11.1. The van der Waals surface area contributed by atoms with Gasteiger partial charge in [0.1, 0.15) is 0 Å². The van der Waals surface area contributed by atoms with Gasteiger partial charge in [-0.25, -0.2) is 0 Å². The van der Waals surface area contributed by atoms with E-state index in [9.17, 15) is 4.79 Å². The molecule has 0 heterocycles. The molecule has 0 aromatic carbocycles. The normalized spacial score (nSPS) is 36.7. The predicted octanol–water partition coefficient (Wildman–Crippen LogP) is 2.03. The minimum absolute atomic E-state index is 0.126. The molecule has 0 aliphatic heterocycles. The highest BCUT2D eigenvalue weighted by Gasteiger charge is 2.33. The standard InChI is InChI=1S/C14H25NO3/c1-18-12-6-3-5-11(8-12)15-9-10-4-2-7-13(10)14(16)17/h10-13,15H,2-9H2,1H3,(H,16,17). The summed E-state index contributed by atoms with van der Waals surface area (Å²) in [6, 6.07) is 0.513. The molecule has 0 spiro atoms. The second kappa shape index (κ2) is 6.53. The largest absolute Gasteiger partial charge is 0.481 e. The lowest BCUT2D eigenvalue weighted by Crippen LogP contribution is -2.40. The molecule has 0 aromatic heterocycles. The van der Waals surface area contributed by atoms with Crippen molar-refractivity contribution in [1.29, 1.82) is 0 Å². The maximum Gasteiger partial charge on any atom is 0.306 e. The van der Waals surface area contributed by atoms with Crippen molar-refractivity contribution >= 4 is 5.97 Å². The van der Waals surface area contributed by atoms with Crippen molar-refractivity contribution in [3.05, 3.63) is 0 Å². The molecule has 2 N–H and O–H groups in total. The molecule has 2 aliphatic rings. The molecule has 0 amide bonds. The van der Waals surface area contributed by atoms with E-state index >= 15 is 0 Å². The Morgan fingerprint density at radius 1 is 1.28 bits per heavy atom. The summed E-state index contributed by atoms with van der Waals surface area (Å²) < 4.78 is 5.42. The number of methoxy groups -OCH3 is 1. The van der Waals surface area contributed by atoms with Crippen molar-refractivity contribution in [3.63, 3.8) is 0 Å². The van der Waals surface area contributed by atoms with E-state index in [2.05, 4.69) is 5.32 Å². The monoisotopic (exact) mass is 255 g/mol. The third kappa shape index (κ3) is 3.45. The van der Waals surface area contributed by atoms with Gasteiger partial charge in [-0.05, 0) is 51.0 Å². The molecule has 2 rings (SSSR count). The van der Waals surface area contributed by atoms with Crippen LogP contribution in [0.25, 0.3) is 0 Å². The topological polar surface area (TPSA) is 58.6 Å². The van der Waals surface area contributed by atoms with Gasteiger partial charge < -0.3 is 15.2 Å². The van der Waals surface area contributed by atoms with Crippen LogP contribution in [-0.4, -0.2) is 36.9 Å². The van der Waals surface area contributed by atoms with Crippen molar-refractivity contribution in [2.75, 3.05) is 13.7 Å². The van der Waals surface area contributed by atoms with Crippen molar-refractivity contribution in [2.45, 2.75) is 57.1 Å². The van der Waals surface area contributed by atoms with Crippen LogP contribution in [0.5, 0.6) is 0 Å². The summed E-state index contributed by atoms with van der Waals surface area (Å²) in [5.41, 5.74) is 0. The number of hydrogen-bond donors (Lipinski definition) is 2. The fourth-order valence-electron chi connectivity index (χ4n) is 3.47. The van der Waals surface area contributed by atoms with Gasteiger partial charge in [0, 0.05) is 13.2 Å². The van der Waals surface area contributed by atoms with Crippen LogP contribution in [0.1, 0.15) is 44.9 Å². The van der Waals surface area contributed by atoms with Gasteiger partial charge in [0.15, 0.2) is 0 Å². The smallest absolute Gasteiger partial charge is 0.306 e. The van der Waals surface area contributed by atoms with Gasteiger partial charge in [0.05, 0.1) is 12.0 Å². The van der Waals surface area contributed by atoms with E-state index in [1.54, 1.807) is 7.11 Å². The molecule has 104 valence electrons. The second-order valence-corrected chi connectivity index (χ2v) is 5.77.